The second-order valence-corrected chi connectivity index (χ2v) is 8.86. The van der Waals surface area contributed by atoms with E-state index in [1.165, 1.54) is 17.0 Å². The van der Waals surface area contributed by atoms with Crippen LogP contribution in [0.25, 0.3) is 0 Å². The number of benzene rings is 1. The van der Waals surface area contributed by atoms with Gasteiger partial charge in [-0.05, 0) is 39.3 Å². The van der Waals surface area contributed by atoms with Crippen molar-refractivity contribution in [2.75, 3.05) is 16.0 Å². The lowest BCUT2D eigenvalue weighted by molar-refractivity contribution is 0.0635. The first kappa shape index (κ1) is 24.5. The van der Waals surface area contributed by atoms with Crippen LogP contribution in [-0.4, -0.2) is 27.2 Å². The number of aryl methyl sites for hydroxylation is 2. The number of ether oxygens (including phenoxy) is 1. The molecule has 9 nitrogen and oxygen atoms in total. The molecular weight excluding hydrogens is 434 g/mol. The summed E-state index contributed by atoms with van der Waals surface area (Å²) in [6.07, 6.45) is 2.30. The highest BCUT2D eigenvalue weighted by Gasteiger charge is 2.18. The first-order valence-corrected chi connectivity index (χ1v) is 10.8. The van der Waals surface area contributed by atoms with Crippen LogP contribution in [0.15, 0.2) is 59.7 Å². The van der Waals surface area contributed by atoms with Gasteiger partial charge >= 0.3 is 6.09 Å². The Morgan fingerprint density at radius 1 is 1.06 bits per heavy atom. The van der Waals surface area contributed by atoms with Crippen LogP contribution < -0.4 is 21.5 Å². The van der Waals surface area contributed by atoms with E-state index < -0.39 is 17.6 Å². The summed E-state index contributed by atoms with van der Waals surface area (Å²) in [6.45, 7) is 7.45. The molecule has 2 aromatic heterocycles. The van der Waals surface area contributed by atoms with Gasteiger partial charge in [0.1, 0.15) is 11.4 Å². The van der Waals surface area contributed by atoms with Gasteiger partial charge in [-0.1, -0.05) is 30.3 Å². The summed E-state index contributed by atoms with van der Waals surface area (Å²) < 4.78 is 6.65. The summed E-state index contributed by atoms with van der Waals surface area (Å²) in [5.74, 6) is -0.128. The summed E-state index contributed by atoms with van der Waals surface area (Å²) in [5, 5.41) is 8.72. The number of nitrogens with zero attached hydrogens (tertiary/aromatic N) is 2. The van der Waals surface area contributed by atoms with E-state index in [1.54, 1.807) is 46.9 Å². The molecule has 0 fully saturated rings. The zero-order valence-corrected chi connectivity index (χ0v) is 19.9. The third-order valence-corrected chi connectivity index (χ3v) is 4.73. The molecule has 3 aromatic rings. The smallest absolute Gasteiger partial charge is 0.413 e. The van der Waals surface area contributed by atoms with Crippen LogP contribution in [0.5, 0.6) is 0 Å². The summed E-state index contributed by atoms with van der Waals surface area (Å²) in [4.78, 5) is 41.3. The van der Waals surface area contributed by atoms with Gasteiger partial charge in [-0.25, -0.2) is 9.78 Å². The molecule has 0 radical (unpaired) electrons. The maximum atomic E-state index is 12.9. The number of nitrogens with one attached hydrogen (secondary N) is 3. The van der Waals surface area contributed by atoms with Gasteiger partial charge < -0.3 is 19.9 Å². The lowest BCUT2D eigenvalue weighted by Gasteiger charge is -2.20. The van der Waals surface area contributed by atoms with Crippen molar-refractivity contribution in [1.82, 2.24) is 9.55 Å². The van der Waals surface area contributed by atoms with Gasteiger partial charge in [0.2, 0.25) is 0 Å². The Bertz CT molecular complexity index is 1220. The molecule has 0 bridgehead atoms. The Balaban J connectivity index is 1.86. The number of hydrogen-bond donors (Lipinski definition) is 3. The van der Waals surface area contributed by atoms with Crippen LogP contribution >= 0.6 is 0 Å². The molecular formula is C25H29N5O4. The quantitative estimate of drug-likeness (QED) is 0.502. The number of aromatic nitrogens is 2. The Kier molecular flexibility index (Phi) is 7.35. The monoisotopic (exact) mass is 463 g/mol. The van der Waals surface area contributed by atoms with Gasteiger partial charge in [-0.15, -0.1) is 0 Å². The molecule has 2 heterocycles. The van der Waals surface area contributed by atoms with Crippen LogP contribution in [0.2, 0.25) is 0 Å². The van der Waals surface area contributed by atoms with Gasteiger partial charge in [-0.2, -0.15) is 0 Å². The molecule has 34 heavy (non-hydrogen) atoms. The van der Waals surface area contributed by atoms with Gasteiger partial charge in [0.15, 0.2) is 0 Å². The summed E-state index contributed by atoms with van der Waals surface area (Å²) >= 11 is 0. The van der Waals surface area contributed by atoms with E-state index in [-0.39, 0.29) is 11.4 Å². The number of carbonyl (C=O) groups excluding carboxylic acids is 2. The molecule has 0 aliphatic heterocycles. The van der Waals surface area contributed by atoms with Gasteiger partial charge in [0.25, 0.3) is 11.5 Å². The fourth-order valence-corrected chi connectivity index (χ4v) is 3.17. The molecule has 0 spiro atoms. The van der Waals surface area contributed by atoms with Crippen LogP contribution in [-0.2, 0) is 18.3 Å². The zero-order chi connectivity index (χ0) is 24.9. The Labute approximate surface area is 198 Å². The van der Waals surface area contributed by atoms with E-state index in [9.17, 15) is 14.4 Å². The Morgan fingerprint density at radius 3 is 2.41 bits per heavy atom. The minimum Gasteiger partial charge on any atom is -0.444 e. The predicted octanol–water partition coefficient (Wildman–Crippen LogP) is 4.30. The normalized spacial score (nSPS) is 11.0. The van der Waals surface area contributed by atoms with Gasteiger partial charge in [0, 0.05) is 31.4 Å². The molecule has 0 unspecified atom stereocenters. The van der Waals surface area contributed by atoms with Crippen molar-refractivity contribution in [3.8, 4) is 0 Å². The molecule has 3 rings (SSSR count). The summed E-state index contributed by atoms with van der Waals surface area (Å²) in [5.41, 5.74) is 1.99. The number of pyridine rings is 2. The second-order valence-electron chi connectivity index (χ2n) is 8.86. The van der Waals surface area contributed by atoms with E-state index in [2.05, 4.69) is 20.9 Å². The van der Waals surface area contributed by atoms with Gasteiger partial charge in [-0.3, -0.25) is 14.9 Å². The number of anilines is 3. The molecule has 2 amide bonds. The third kappa shape index (κ3) is 6.68. The molecule has 0 aliphatic rings. The van der Waals surface area contributed by atoms with Crippen molar-refractivity contribution in [3.05, 3.63) is 81.9 Å². The van der Waals surface area contributed by atoms with Crippen LogP contribution in [0.4, 0.5) is 22.0 Å². The summed E-state index contributed by atoms with van der Waals surface area (Å²) in [6, 6.07) is 12.9. The van der Waals surface area contributed by atoms with Crippen LogP contribution in [0, 0.1) is 6.92 Å². The maximum Gasteiger partial charge on any atom is 0.413 e. The molecule has 0 saturated carbocycles. The molecule has 0 atom stereocenters. The number of carbonyl (C=O) groups is 2. The van der Waals surface area contributed by atoms with E-state index in [0.29, 0.717) is 29.0 Å². The lowest BCUT2D eigenvalue weighted by atomic mass is 10.2. The van der Waals surface area contributed by atoms with E-state index in [4.69, 9.17) is 4.74 Å². The van der Waals surface area contributed by atoms with E-state index in [0.717, 1.165) is 5.56 Å². The highest BCUT2D eigenvalue weighted by atomic mass is 16.6. The highest BCUT2D eigenvalue weighted by molar-refractivity contribution is 6.06. The SMILES string of the molecule is Cc1cc(C(=O)Nc2cnc(NC(=O)OC(C)(C)C)cc2NCc2ccccc2)cn(C)c1=O. The predicted molar refractivity (Wildman–Crippen MR) is 132 cm³/mol. The maximum absolute atomic E-state index is 12.9. The van der Waals surface area contributed by atoms with Crippen molar-refractivity contribution in [2.24, 2.45) is 7.05 Å². The molecule has 0 aliphatic carbocycles. The van der Waals surface area contributed by atoms with E-state index in [1.807, 2.05) is 30.3 Å². The number of rotatable bonds is 6. The highest BCUT2D eigenvalue weighted by Crippen LogP contribution is 2.25. The summed E-state index contributed by atoms with van der Waals surface area (Å²) in [7, 11) is 1.59. The molecule has 1 aromatic carbocycles. The molecule has 178 valence electrons. The fourth-order valence-electron chi connectivity index (χ4n) is 3.17. The van der Waals surface area contributed by atoms with Crippen molar-refractivity contribution in [2.45, 2.75) is 39.8 Å². The Morgan fingerprint density at radius 2 is 1.76 bits per heavy atom. The van der Waals surface area contributed by atoms with Crippen molar-refractivity contribution < 1.29 is 14.3 Å². The first-order chi connectivity index (χ1) is 16.0. The largest absolute Gasteiger partial charge is 0.444 e. The Hall–Kier alpha value is -4.14. The molecule has 3 N–H and O–H groups in total. The molecule has 0 saturated heterocycles. The van der Waals surface area contributed by atoms with Crippen LogP contribution in [0.3, 0.4) is 0 Å². The molecule has 9 heteroatoms. The van der Waals surface area contributed by atoms with Crippen LogP contribution in [0.1, 0.15) is 42.3 Å². The average Bonchev–Trinajstić information content (AvgIpc) is 2.76. The van der Waals surface area contributed by atoms with E-state index >= 15 is 0 Å². The first-order valence-electron chi connectivity index (χ1n) is 10.8. The van der Waals surface area contributed by atoms with Crippen molar-refractivity contribution >= 4 is 29.2 Å². The second kappa shape index (κ2) is 10.2. The minimum absolute atomic E-state index is 0.166. The fraction of sp³-hybridized carbons (Fsp3) is 0.280. The van der Waals surface area contributed by atoms with Gasteiger partial charge in [0.05, 0.1) is 23.1 Å². The minimum atomic E-state index is -0.652. The number of hydrogen-bond acceptors (Lipinski definition) is 6. The zero-order valence-electron chi connectivity index (χ0n) is 19.9. The van der Waals surface area contributed by atoms with Crippen molar-refractivity contribution in [1.29, 1.82) is 0 Å². The number of amides is 2. The standard InChI is InChI=1S/C25H29N5O4/c1-16-11-18(15-30(5)23(16)32)22(31)28-20-14-27-21(29-24(33)34-25(2,3)4)12-19(20)26-13-17-9-7-6-8-10-17/h6-12,14-15H,13H2,1-5H3,(H,28,31)(H2,26,27,29,33). The topological polar surface area (TPSA) is 114 Å². The third-order valence-electron chi connectivity index (χ3n) is 4.73. The lowest BCUT2D eigenvalue weighted by Crippen LogP contribution is -2.27. The average molecular weight is 464 g/mol. The van der Waals surface area contributed by atoms with Crippen molar-refractivity contribution in [3.63, 3.8) is 0 Å².